The summed E-state index contributed by atoms with van der Waals surface area (Å²) in [6, 6.07) is 72.7. The summed E-state index contributed by atoms with van der Waals surface area (Å²) >= 11 is 0. The van der Waals surface area contributed by atoms with Gasteiger partial charge in [0.1, 0.15) is 11.2 Å². The van der Waals surface area contributed by atoms with Crippen LogP contribution < -0.4 is 4.90 Å². The first-order valence-corrected chi connectivity index (χ1v) is 20.2. The van der Waals surface area contributed by atoms with E-state index in [1.165, 1.54) is 71.1 Å². The minimum Gasteiger partial charge on any atom is -0.455 e. The zero-order valence-electron chi connectivity index (χ0n) is 32.0. The molecule has 10 aromatic carbocycles. The molecule has 1 aliphatic rings. The Morgan fingerprint density at radius 1 is 0.397 bits per heavy atom. The predicted molar refractivity (Wildman–Crippen MR) is 245 cm³/mol. The fraction of sp³-hybridized carbons (Fsp3) is 0.0357. The Morgan fingerprint density at radius 3 is 1.79 bits per heavy atom. The van der Waals surface area contributed by atoms with E-state index in [1.54, 1.807) is 0 Å². The minimum absolute atomic E-state index is 0.205. The summed E-state index contributed by atoms with van der Waals surface area (Å²) in [5.41, 5.74) is 15.0. The molecule has 1 aliphatic carbocycles. The highest BCUT2D eigenvalue weighted by Gasteiger charge is 2.33. The lowest BCUT2D eigenvalue weighted by atomic mass is 9.91. The van der Waals surface area contributed by atoms with Crippen molar-refractivity contribution in [2.45, 2.75) is 12.8 Å². The van der Waals surface area contributed by atoms with E-state index < -0.39 is 0 Å². The van der Waals surface area contributed by atoms with Gasteiger partial charge in [0.15, 0.2) is 0 Å². The van der Waals surface area contributed by atoms with Crippen LogP contribution in [0.15, 0.2) is 205 Å². The van der Waals surface area contributed by atoms with Gasteiger partial charge in [0.05, 0.1) is 0 Å². The summed E-state index contributed by atoms with van der Waals surface area (Å²) in [5.74, 6) is 0.205. The summed E-state index contributed by atoms with van der Waals surface area (Å²) in [5, 5.41) is 9.95. The van der Waals surface area contributed by atoms with Crippen LogP contribution >= 0.6 is 0 Å². The minimum atomic E-state index is 0.205. The average Bonchev–Trinajstić information content (AvgIpc) is 3.83. The zero-order chi connectivity index (χ0) is 38.3. The maximum Gasteiger partial charge on any atom is 0.144 e. The number of hydrogen-bond acceptors (Lipinski definition) is 2. The number of rotatable bonds is 5. The molecule has 2 nitrogen and oxygen atoms in total. The fourth-order valence-corrected chi connectivity index (χ4v) is 9.86. The molecule has 0 aliphatic heterocycles. The maximum absolute atomic E-state index is 7.16. The van der Waals surface area contributed by atoms with Crippen LogP contribution in [0.1, 0.15) is 24.0 Å². The third-order valence-electron chi connectivity index (χ3n) is 12.5. The quantitative estimate of drug-likeness (QED) is 0.163. The van der Waals surface area contributed by atoms with Gasteiger partial charge in [0.2, 0.25) is 0 Å². The van der Waals surface area contributed by atoms with Crippen LogP contribution in [-0.4, -0.2) is 0 Å². The number of nitrogens with zero attached hydrogens (tertiary/aromatic N) is 1. The molecule has 1 aromatic heterocycles. The summed E-state index contributed by atoms with van der Waals surface area (Å²) in [4.78, 5) is 2.38. The average molecular weight is 740 g/mol. The molecule has 0 spiro atoms. The van der Waals surface area contributed by atoms with Gasteiger partial charge in [0, 0.05) is 44.9 Å². The molecule has 1 atom stereocenters. The van der Waals surface area contributed by atoms with Crippen molar-refractivity contribution in [3.63, 3.8) is 0 Å². The normalized spacial score (nSPS) is 13.4. The lowest BCUT2D eigenvalue weighted by Crippen LogP contribution is -2.10. The van der Waals surface area contributed by atoms with Crippen LogP contribution in [0.4, 0.5) is 17.1 Å². The van der Waals surface area contributed by atoms with Crippen LogP contribution in [0.25, 0.3) is 87.6 Å². The van der Waals surface area contributed by atoms with E-state index >= 15 is 0 Å². The lowest BCUT2D eigenvalue weighted by Gasteiger charge is -2.26. The highest BCUT2D eigenvalue weighted by Crippen LogP contribution is 2.55. The molecule has 0 bridgehead atoms. The molecule has 272 valence electrons. The van der Waals surface area contributed by atoms with E-state index in [0.717, 1.165) is 44.7 Å². The number of fused-ring (bicyclic) bond motifs is 13. The highest BCUT2D eigenvalue weighted by molar-refractivity contribution is 6.26. The molecule has 1 heterocycles. The number of hydrogen-bond donors (Lipinski definition) is 0. The lowest BCUT2D eigenvalue weighted by molar-refractivity contribution is 0.671. The van der Waals surface area contributed by atoms with Crippen LogP contribution in [-0.2, 0) is 0 Å². The second kappa shape index (κ2) is 12.8. The fourth-order valence-electron chi connectivity index (χ4n) is 9.86. The Kier molecular flexibility index (Phi) is 7.24. The van der Waals surface area contributed by atoms with Gasteiger partial charge in [-0.3, -0.25) is 0 Å². The molecule has 1 unspecified atom stereocenters. The van der Waals surface area contributed by atoms with E-state index in [0.29, 0.717) is 0 Å². The number of para-hydroxylation sites is 2. The highest BCUT2D eigenvalue weighted by atomic mass is 16.3. The van der Waals surface area contributed by atoms with Crippen molar-refractivity contribution in [2.75, 3.05) is 4.90 Å². The van der Waals surface area contributed by atoms with Crippen LogP contribution in [0.3, 0.4) is 0 Å². The third-order valence-corrected chi connectivity index (χ3v) is 12.5. The Balaban J connectivity index is 1.05. The Morgan fingerprint density at radius 2 is 1.00 bits per heavy atom. The van der Waals surface area contributed by atoms with E-state index in [1.807, 2.05) is 0 Å². The topological polar surface area (TPSA) is 16.4 Å². The largest absolute Gasteiger partial charge is 0.455 e. The molecule has 0 radical (unpaired) electrons. The molecule has 12 rings (SSSR count). The number of furan rings is 1. The van der Waals surface area contributed by atoms with E-state index in [2.05, 4.69) is 212 Å². The summed E-state index contributed by atoms with van der Waals surface area (Å²) in [6.07, 6.45) is 0. The van der Waals surface area contributed by atoms with Crippen LogP contribution in [0, 0.1) is 0 Å². The maximum atomic E-state index is 7.16. The number of benzene rings is 10. The first kappa shape index (κ1) is 32.8. The SMILES string of the molecule is CC1c2ccc(N(c3ccccc3)c3ccc(-c4cc5ccccc5c5ccccc45)cc3)cc2-c2c1c1ccccc1c1c2oc2c(-c3ccccc3)cccc21. The van der Waals surface area contributed by atoms with Gasteiger partial charge in [-0.15, -0.1) is 0 Å². The van der Waals surface area contributed by atoms with Gasteiger partial charge in [-0.1, -0.05) is 165 Å². The molecule has 0 N–H and O–H groups in total. The van der Waals surface area contributed by atoms with Gasteiger partial charge in [0.25, 0.3) is 0 Å². The molecule has 2 heteroatoms. The first-order chi connectivity index (χ1) is 28.7. The number of anilines is 3. The van der Waals surface area contributed by atoms with Crippen molar-refractivity contribution in [1.29, 1.82) is 0 Å². The second-order valence-corrected chi connectivity index (χ2v) is 15.6. The third kappa shape index (κ3) is 4.85. The summed E-state index contributed by atoms with van der Waals surface area (Å²) in [6.45, 7) is 2.35. The van der Waals surface area contributed by atoms with E-state index in [9.17, 15) is 0 Å². The molecular weight excluding hydrogens is 703 g/mol. The smallest absolute Gasteiger partial charge is 0.144 e. The van der Waals surface area contributed by atoms with Gasteiger partial charge in [-0.2, -0.15) is 0 Å². The van der Waals surface area contributed by atoms with Crippen LogP contribution in [0.5, 0.6) is 0 Å². The molecule has 11 aromatic rings. The van der Waals surface area contributed by atoms with Gasteiger partial charge < -0.3 is 9.32 Å². The van der Waals surface area contributed by atoms with Gasteiger partial charge in [-0.05, 0) is 108 Å². The van der Waals surface area contributed by atoms with Crippen molar-refractivity contribution in [3.8, 4) is 33.4 Å². The molecule has 0 amide bonds. The molecule has 0 fully saturated rings. The predicted octanol–water partition coefficient (Wildman–Crippen LogP) is 16.0. The molecule has 0 saturated heterocycles. The van der Waals surface area contributed by atoms with Gasteiger partial charge in [-0.25, -0.2) is 0 Å². The Hall–Kier alpha value is -7.42. The van der Waals surface area contributed by atoms with Crippen molar-refractivity contribution in [3.05, 3.63) is 211 Å². The molecule has 58 heavy (non-hydrogen) atoms. The van der Waals surface area contributed by atoms with Gasteiger partial charge >= 0.3 is 0 Å². The standard InChI is InChI=1S/C56H37NO/c1-35-42-32-31-41(34-51(42)54-52(35)47-23-12-13-24-48(47)53-49-26-14-25-44(55(49)58-56(53)54)36-15-4-2-5-16-36)57(39-18-6-3-7-19-39)40-29-27-37(28-30-40)50-33-38-17-8-9-20-43(38)45-21-10-11-22-46(45)50/h2-35H,1H3. The molecular formula is C56H37NO. The first-order valence-electron chi connectivity index (χ1n) is 20.2. The molecule has 0 saturated carbocycles. The van der Waals surface area contributed by atoms with E-state index in [4.69, 9.17) is 4.42 Å². The Bertz CT molecular complexity index is 3400. The van der Waals surface area contributed by atoms with Crippen molar-refractivity contribution in [1.82, 2.24) is 0 Å². The van der Waals surface area contributed by atoms with E-state index in [-0.39, 0.29) is 5.92 Å². The summed E-state index contributed by atoms with van der Waals surface area (Å²) < 4.78 is 7.16. The van der Waals surface area contributed by atoms with Crippen LogP contribution in [0.2, 0.25) is 0 Å². The second-order valence-electron chi connectivity index (χ2n) is 15.6. The monoisotopic (exact) mass is 739 g/mol. The van der Waals surface area contributed by atoms with Crippen molar-refractivity contribution in [2.24, 2.45) is 0 Å². The van der Waals surface area contributed by atoms with Crippen molar-refractivity contribution < 1.29 is 4.42 Å². The van der Waals surface area contributed by atoms with Crippen molar-refractivity contribution >= 4 is 71.3 Å². The Labute approximate surface area is 336 Å². The summed E-state index contributed by atoms with van der Waals surface area (Å²) in [7, 11) is 0. The zero-order valence-corrected chi connectivity index (χ0v) is 32.0.